The second-order valence-electron chi connectivity index (χ2n) is 4.98. The summed E-state index contributed by atoms with van der Waals surface area (Å²) in [5.41, 5.74) is 6.13. The Morgan fingerprint density at radius 2 is 2.14 bits per heavy atom. The van der Waals surface area contributed by atoms with E-state index in [4.69, 9.17) is 0 Å². The number of rotatable bonds is 2. The van der Waals surface area contributed by atoms with Gasteiger partial charge in [0.1, 0.15) is 11.4 Å². The first-order chi connectivity index (χ1) is 10.0. The minimum Gasteiger partial charge on any atom is -0.320 e. The maximum Gasteiger partial charge on any atom is 0.271 e. The zero-order valence-electron chi connectivity index (χ0n) is 11.8. The molecule has 2 amide bonds. The molecule has 0 saturated carbocycles. The van der Waals surface area contributed by atoms with E-state index in [0.717, 1.165) is 17.0 Å². The summed E-state index contributed by atoms with van der Waals surface area (Å²) in [7, 11) is 0. The first-order valence-electron chi connectivity index (χ1n) is 6.66. The van der Waals surface area contributed by atoms with Crippen LogP contribution in [0.2, 0.25) is 0 Å². The van der Waals surface area contributed by atoms with Crippen molar-refractivity contribution in [2.24, 2.45) is 5.10 Å². The van der Waals surface area contributed by atoms with Gasteiger partial charge in [0, 0.05) is 24.7 Å². The predicted molar refractivity (Wildman–Crippen MR) is 78.1 cm³/mol. The van der Waals surface area contributed by atoms with E-state index >= 15 is 0 Å². The molecule has 0 saturated heterocycles. The molecule has 7 heteroatoms. The average molecular weight is 285 g/mol. The van der Waals surface area contributed by atoms with Crippen LogP contribution in [-0.4, -0.2) is 26.9 Å². The number of aromatic nitrogens is 2. The van der Waals surface area contributed by atoms with E-state index in [1.165, 1.54) is 0 Å². The van der Waals surface area contributed by atoms with Gasteiger partial charge in [0.2, 0.25) is 5.91 Å². The van der Waals surface area contributed by atoms with Crippen molar-refractivity contribution in [1.29, 1.82) is 0 Å². The zero-order chi connectivity index (χ0) is 15.0. The van der Waals surface area contributed by atoms with Gasteiger partial charge in [-0.2, -0.15) is 5.10 Å². The summed E-state index contributed by atoms with van der Waals surface area (Å²) < 4.78 is 1.93. The fourth-order valence-electron chi connectivity index (χ4n) is 2.19. The standard InChI is InChI=1S/C14H15N5O2/c1-8-9(2)19-7-10(3-5-12(19)15-8)16-14(21)11-4-6-13(20)18-17-11/h3,5,7H,4,6H2,1-2H3,(H,16,21)(H,18,20). The van der Waals surface area contributed by atoms with Gasteiger partial charge in [-0.1, -0.05) is 0 Å². The summed E-state index contributed by atoms with van der Waals surface area (Å²) in [6, 6.07) is 3.64. The van der Waals surface area contributed by atoms with Crippen molar-refractivity contribution in [3.8, 4) is 0 Å². The van der Waals surface area contributed by atoms with E-state index in [1.807, 2.05) is 30.5 Å². The van der Waals surface area contributed by atoms with Crippen molar-refractivity contribution in [3.05, 3.63) is 29.7 Å². The lowest BCUT2D eigenvalue weighted by atomic mass is 10.1. The number of pyridine rings is 1. The van der Waals surface area contributed by atoms with E-state index in [9.17, 15) is 9.59 Å². The fraction of sp³-hybridized carbons (Fsp3) is 0.286. The van der Waals surface area contributed by atoms with E-state index < -0.39 is 0 Å². The number of carbonyl (C=O) groups is 2. The fourth-order valence-corrected chi connectivity index (χ4v) is 2.19. The summed E-state index contributed by atoms with van der Waals surface area (Å²) in [6.07, 6.45) is 2.46. The Labute approximate surface area is 121 Å². The normalized spacial score (nSPS) is 14.8. The summed E-state index contributed by atoms with van der Waals surface area (Å²) in [5, 5.41) is 6.56. The highest BCUT2D eigenvalue weighted by molar-refractivity contribution is 6.43. The van der Waals surface area contributed by atoms with Gasteiger partial charge in [-0.15, -0.1) is 0 Å². The van der Waals surface area contributed by atoms with Gasteiger partial charge < -0.3 is 9.72 Å². The largest absolute Gasteiger partial charge is 0.320 e. The molecule has 7 nitrogen and oxygen atoms in total. The van der Waals surface area contributed by atoms with E-state index in [0.29, 0.717) is 17.8 Å². The summed E-state index contributed by atoms with van der Waals surface area (Å²) in [4.78, 5) is 27.5. The molecule has 0 spiro atoms. The van der Waals surface area contributed by atoms with E-state index in [-0.39, 0.29) is 18.2 Å². The van der Waals surface area contributed by atoms with Crippen molar-refractivity contribution in [2.75, 3.05) is 5.32 Å². The zero-order valence-corrected chi connectivity index (χ0v) is 11.8. The molecule has 0 atom stereocenters. The number of fused-ring (bicyclic) bond motifs is 1. The second kappa shape index (κ2) is 5.01. The molecule has 2 N–H and O–H groups in total. The Kier molecular flexibility index (Phi) is 3.17. The van der Waals surface area contributed by atoms with Gasteiger partial charge in [-0.3, -0.25) is 9.59 Å². The lowest BCUT2D eigenvalue weighted by Crippen LogP contribution is -2.32. The Morgan fingerprint density at radius 1 is 1.33 bits per heavy atom. The molecule has 1 aliphatic rings. The van der Waals surface area contributed by atoms with Gasteiger partial charge in [0.15, 0.2) is 0 Å². The molecule has 0 bridgehead atoms. The lowest BCUT2D eigenvalue weighted by Gasteiger charge is -2.12. The number of hydrazone groups is 1. The highest BCUT2D eigenvalue weighted by Crippen LogP contribution is 2.15. The number of carbonyl (C=O) groups excluding carboxylic acids is 2. The average Bonchev–Trinajstić information content (AvgIpc) is 2.75. The number of hydrogen-bond acceptors (Lipinski definition) is 4. The first-order valence-corrected chi connectivity index (χ1v) is 6.66. The second-order valence-corrected chi connectivity index (χ2v) is 4.98. The first kappa shape index (κ1) is 13.3. The summed E-state index contributed by atoms with van der Waals surface area (Å²) in [6.45, 7) is 3.92. The number of imidazole rings is 1. The number of amides is 2. The van der Waals surface area contributed by atoms with Gasteiger partial charge in [0.05, 0.1) is 11.4 Å². The highest BCUT2D eigenvalue weighted by Gasteiger charge is 2.18. The van der Waals surface area contributed by atoms with Crippen LogP contribution in [-0.2, 0) is 9.59 Å². The molecule has 1 aliphatic heterocycles. The number of aryl methyl sites for hydroxylation is 2. The molecule has 108 valence electrons. The van der Waals surface area contributed by atoms with Crippen LogP contribution in [0.15, 0.2) is 23.4 Å². The van der Waals surface area contributed by atoms with Crippen LogP contribution in [0.25, 0.3) is 5.65 Å². The van der Waals surface area contributed by atoms with Crippen molar-refractivity contribution in [3.63, 3.8) is 0 Å². The van der Waals surface area contributed by atoms with E-state index in [2.05, 4.69) is 20.8 Å². The van der Waals surface area contributed by atoms with Gasteiger partial charge in [-0.05, 0) is 26.0 Å². The molecule has 3 rings (SSSR count). The molecular weight excluding hydrogens is 270 g/mol. The molecule has 0 aliphatic carbocycles. The molecule has 0 unspecified atom stereocenters. The van der Waals surface area contributed by atoms with E-state index in [1.54, 1.807) is 6.07 Å². The monoisotopic (exact) mass is 285 g/mol. The third-order valence-corrected chi connectivity index (χ3v) is 3.52. The molecule has 21 heavy (non-hydrogen) atoms. The molecule has 2 aromatic heterocycles. The molecular formula is C14H15N5O2. The van der Waals surface area contributed by atoms with Crippen molar-refractivity contribution >= 4 is 28.9 Å². The molecule has 2 aromatic rings. The number of anilines is 1. The smallest absolute Gasteiger partial charge is 0.271 e. The third kappa shape index (κ3) is 2.49. The third-order valence-electron chi connectivity index (χ3n) is 3.52. The topological polar surface area (TPSA) is 87.9 Å². The minimum atomic E-state index is -0.302. The lowest BCUT2D eigenvalue weighted by molar-refractivity contribution is -0.121. The Hall–Kier alpha value is -2.70. The van der Waals surface area contributed by atoms with Crippen molar-refractivity contribution < 1.29 is 9.59 Å². The minimum absolute atomic E-state index is 0.169. The van der Waals surface area contributed by atoms with Crippen molar-refractivity contribution in [2.45, 2.75) is 26.7 Å². The Morgan fingerprint density at radius 3 is 2.86 bits per heavy atom. The predicted octanol–water partition coefficient (Wildman–Crippen LogP) is 1.16. The van der Waals surface area contributed by atoms with Gasteiger partial charge in [-0.25, -0.2) is 10.4 Å². The summed E-state index contributed by atoms with van der Waals surface area (Å²) in [5.74, 6) is -0.471. The van der Waals surface area contributed by atoms with Gasteiger partial charge >= 0.3 is 0 Å². The van der Waals surface area contributed by atoms with Crippen LogP contribution in [0.4, 0.5) is 5.69 Å². The quantitative estimate of drug-likeness (QED) is 0.867. The Balaban J connectivity index is 1.83. The van der Waals surface area contributed by atoms with Crippen molar-refractivity contribution in [1.82, 2.24) is 14.8 Å². The van der Waals surface area contributed by atoms with Crippen LogP contribution in [0, 0.1) is 13.8 Å². The van der Waals surface area contributed by atoms with Gasteiger partial charge in [0.25, 0.3) is 5.91 Å². The number of nitrogens with zero attached hydrogens (tertiary/aromatic N) is 3. The maximum absolute atomic E-state index is 12.1. The molecule has 0 aromatic carbocycles. The summed E-state index contributed by atoms with van der Waals surface area (Å²) >= 11 is 0. The SMILES string of the molecule is Cc1nc2ccc(NC(=O)C3=NNC(=O)CC3)cn2c1C. The number of nitrogens with one attached hydrogen (secondary N) is 2. The Bertz CT molecular complexity index is 775. The van der Waals surface area contributed by atoms with Crippen LogP contribution in [0.5, 0.6) is 0 Å². The van der Waals surface area contributed by atoms with Crippen LogP contribution in [0.1, 0.15) is 24.2 Å². The van der Waals surface area contributed by atoms with Crippen LogP contribution >= 0.6 is 0 Å². The number of hydrogen-bond donors (Lipinski definition) is 2. The van der Waals surface area contributed by atoms with Crippen LogP contribution < -0.4 is 10.7 Å². The molecule has 0 radical (unpaired) electrons. The maximum atomic E-state index is 12.1. The van der Waals surface area contributed by atoms with Crippen LogP contribution in [0.3, 0.4) is 0 Å². The highest BCUT2D eigenvalue weighted by atomic mass is 16.2. The molecule has 3 heterocycles. The molecule has 0 fully saturated rings.